The number of nitrogens with zero attached hydrogens (tertiary/aromatic N) is 1. The topological polar surface area (TPSA) is 77.2 Å². The highest BCUT2D eigenvalue weighted by atomic mass is 32.1. The molecule has 100 valence electrons. The molecule has 2 rings (SSSR count). The maximum Gasteiger partial charge on any atom is 0.344 e. The van der Waals surface area contributed by atoms with E-state index in [-0.39, 0.29) is 5.82 Å². The van der Waals surface area contributed by atoms with Gasteiger partial charge in [-0.05, 0) is 23.5 Å². The molecule has 1 aromatic heterocycles. The Labute approximate surface area is 115 Å². The van der Waals surface area contributed by atoms with Crippen LogP contribution in [0.3, 0.4) is 0 Å². The van der Waals surface area contributed by atoms with Gasteiger partial charge in [-0.25, -0.2) is 4.79 Å². The van der Waals surface area contributed by atoms with Crippen LogP contribution in [0.2, 0.25) is 0 Å². The SMILES string of the molecule is COC(=O)c1c(N)nsc1NCCc1ccccc1. The molecule has 0 atom stereocenters. The molecule has 19 heavy (non-hydrogen) atoms. The molecule has 1 heterocycles. The first-order valence-corrected chi connectivity index (χ1v) is 6.61. The Balaban J connectivity index is 1.98. The van der Waals surface area contributed by atoms with E-state index in [1.807, 2.05) is 18.2 Å². The summed E-state index contributed by atoms with van der Waals surface area (Å²) in [6, 6.07) is 10.1. The van der Waals surface area contributed by atoms with Gasteiger partial charge in [-0.2, -0.15) is 4.37 Å². The molecule has 0 radical (unpaired) electrons. The highest BCUT2D eigenvalue weighted by Crippen LogP contribution is 2.27. The summed E-state index contributed by atoms with van der Waals surface area (Å²) in [5.74, 6) is -0.257. The Morgan fingerprint density at radius 3 is 2.84 bits per heavy atom. The molecule has 1 aromatic carbocycles. The van der Waals surface area contributed by atoms with Crippen LogP contribution < -0.4 is 11.1 Å². The molecule has 5 nitrogen and oxygen atoms in total. The zero-order valence-electron chi connectivity index (χ0n) is 10.6. The van der Waals surface area contributed by atoms with E-state index < -0.39 is 5.97 Å². The Bertz CT molecular complexity index is 554. The average Bonchev–Trinajstić information content (AvgIpc) is 2.80. The number of anilines is 2. The molecule has 0 fully saturated rings. The van der Waals surface area contributed by atoms with Crippen molar-refractivity contribution >= 4 is 28.3 Å². The Morgan fingerprint density at radius 2 is 2.16 bits per heavy atom. The zero-order chi connectivity index (χ0) is 13.7. The van der Waals surface area contributed by atoms with Crippen LogP contribution in [0.5, 0.6) is 0 Å². The first-order chi connectivity index (χ1) is 9.22. The minimum Gasteiger partial charge on any atom is -0.465 e. The summed E-state index contributed by atoms with van der Waals surface area (Å²) in [7, 11) is 1.33. The standard InChI is InChI=1S/C13H15N3O2S/c1-18-13(17)10-11(14)16-19-12(10)15-8-7-9-5-3-2-4-6-9/h2-6,15H,7-8H2,1H3,(H2,14,16). The summed E-state index contributed by atoms with van der Waals surface area (Å²) >= 11 is 1.17. The van der Waals surface area contributed by atoms with Gasteiger partial charge in [-0.1, -0.05) is 30.3 Å². The van der Waals surface area contributed by atoms with Crippen molar-refractivity contribution in [2.45, 2.75) is 6.42 Å². The second-order valence-corrected chi connectivity index (χ2v) is 4.70. The number of nitrogens with two attached hydrogens (primary N) is 1. The number of rotatable bonds is 5. The summed E-state index contributed by atoms with van der Waals surface area (Å²) in [5.41, 5.74) is 7.21. The minimum atomic E-state index is -0.464. The van der Waals surface area contributed by atoms with Crippen molar-refractivity contribution in [3.63, 3.8) is 0 Å². The number of carbonyl (C=O) groups is 1. The van der Waals surface area contributed by atoms with Crippen LogP contribution in [0.25, 0.3) is 0 Å². The third-order valence-corrected chi connectivity index (χ3v) is 3.47. The van der Waals surface area contributed by atoms with Crippen molar-refractivity contribution in [1.82, 2.24) is 4.37 Å². The summed E-state index contributed by atoms with van der Waals surface area (Å²) in [6.07, 6.45) is 0.860. The normalized spacial score (nSPS) is 10.2. The fourth-order valence-corrected chi connectivity index (χ4v) is 2.41. The average molecular weight is 277 g/mol. The van der Waals surface area contributed by atoms with Gasteiger partial charge in [0.25, 0.3) is 0 Å². The predicted molar refractivity (Wildman–Crippen MR) is 76.5 cm³/mol. The number of carbonyl (C=O) groups excluding carboxylic acids is 1. The van der Waals surface area contributed by atoms with Gasteiger partial charge in [0, 0.05) is 6.54 Å². The van der Waals surface area contributed by atoms with Crippen LogP contribution >= 0.6 is 11.5 Å². The maximum absolute atomic E-state index is 11.6. The Hall–Kier alpha value is -2.08. The second-order valence-electron chi connectivity index (χ2n) is 3.93. The largest absolute Gasteiger partial charge is 0.465 e. The van der Waals surface area contributed by atoms with E-state index in [9.17, 15) is 4.79 Å². The first-order valence-electron chi connectivity index (χ1n) is 5.83. The van der Waals surface area contributed by atoms with Crippen LogP contribution in [0.4, 0.5) is 10.8 Å². The highest BCUT2D eigenvalue weighted by molar-refractivity contribution is 7.11. The number of nitrogen functional groups attached to an aromatic ring is 1. The summed E-state index contributed by atoms with van der Waals surface area (Å²) in [4.78, 5) is 11.6. The van der Waals surface area contributed by atoms with Crippen molar-refractivity contribution in [2.75, 3.05) is 24.7 Å². The van der Waals surface area contributed by atoms with Gasteiger partial charge in [0.1, 0.15) is 10.6 Å². The lowest BCUT2D eigenvalue weighted by Gasteiger charge is -2.06. The summed E-state index contributed by atoms with van der Waals surface area (Å²) < 4.78 is 8.66. The van der Waals surface area contributed by atoms with E-state index in [2.05, 4.69) is 26.6 Å². The quantitative estimate of drug-likeness (QED) is 0.819. The summed E-state index contributed by atoms with van der Waals surface area (Å²) in [5, 5.41) is 3.83. The molecule has 0 saturated carbocycles. The molecule has 0 bridgehead atoms. The van der Waals surface area contributed by atoms with Crippen LogP contribution in [0.15, 0.2) is 30.3 Å². The van der Waals surface area contributed by atoms with Gasteiger partial charge in [-0.3, -0.25) is 0 Å². The van der Waals surface area contributed by atoms with Crippen molar-refractivity contribution in [2.24, 2.45) is 0 Å². The smallest absolute Gasteiger partial charge is 0.344 e. The van der Waals surface area contributed by atoms with E-state index >= 15 is 0 Å². The Kier molecular flexibility index (Phi) is 4.35. The lowest BCUT2D eigenvalue weighted by Crippen LogP contribution is -2.10. The number of esters is 1. The lowest BCUT2D eigenvalue weighted by atomic mass is 10.1. The van der Waals surface area contributed by atoms with E-state index in [0.717, 1.165) is 6.42 Å². The zero-order valence-corrected chi connectivity index (χ0v) is 11.4. The van der Waals surface area contributed by atoms with Crippen molar-refractivity contribution < 1.29 is 9.53 Å². The van der Waals surface area contributed by atoms with E-state index in [0.29, 0.717) is 17.1 Å². The van der Waals surface area contributed by atoms with E-state index in [1.165, 1.54) is 24.2 Å². The number of methoxy groups -OCH3 is 1. The number of hydrogen-bond acceptors (Lipinski definition) is 6. The molecular formula is C13H15N3O2S. The van der Waals surface area contributed by atoms with Crippen LogP contribution in [0.1, 0.15) is 15.9 Å². The third-order valence-electron chi connectivity index (χ3n) is 2.65. The lowest BCUT2D eigenvalue weighted by molar-refractivity contribution is 0.0603. The minimum absolute atomic E-state index is 0.207. The van der Waals surface area contributed by atoms with Gasteiger partial charge in [-0.15, -0.1) is 0 Å². The maximum atomic E-state index is 11.6. The van der Waals surface area contributed by atoms with Crippen LogP contribution in [-0.2, 0) is 11.2 Å². The van der Waals surface area contributed by atoms with Crippen molar-refractivity contribution in [3.05, 3.63) is 41.5 Å². The molecule has 0 aliphatic heterocycles. The van der Waals surface area contributed by atoms with Crippen LogP contribution in [0, 0.1) is 0 Å². The fourth-order valence-electron chi connectivity index (χ4n) is 1.69. The molecular weight excluding hydrogens is 262 g/mol. The molecule has 6 heteroatoms. The third kappa shape index (κ3) is 3.23. The highest BCUT2D eigenvalue weighted by Gasteiger charge is 2.19. The molecule has 0 saturated heterocycles. The van der Waals surface area contributed by atoms with Gasteiger partial charge >= 0.3 is 5.97 Å². The monoisotopic (exact) mass is 277 g/mol. The van der Waals surface area contributed by atoms with Gasteiger partial charge in [0.05, 0.1) is 7.11 Å². The predicted octanol–water partition coefficient (Wildman–Crippen LogP) is 2.17. The molecule has 2 aromatic rings. The molecule has 0 aliphatic rings. The molecule has 0 aliphatic carbocycles. The van der Waals surface area contributed by atoms with Gasteiger partial charge < -0.3 is 15.8 Å². The number of benzene rings is 1. The Morgan fingerprint density at radius 1 is 1.42 bits per heavy atom. The second kappa shape index (κ2) is 6.19. The van der Waals surface area contributed by atoms with Gasteiger partial charge in [0.15, 0.2) is 5.82 Å². The van der Waals surface area contributed by atoms with E-state index in [4.69, 9.17) is 5.73 Å². The molecule has 3 N–H and O–H groups in total. The fraction of sp³-hybridized carbons (Fsp3) is 0.231. The number of nitrogens with one attached hydrogen (secondary N) is 1. The van der Waals surface area contributed by atoms with Crippen molar-refractivity contribution in [3.8, 4) is 0 Å². The van der Waals surface area contributed by atoms with Crippen molar-refractivity contribution in [1.29, 1.82) is 0 Å². The van der Waals surface area contributed by atoms with Gasteiger partial charge in [0.2, 0.25) is 0 Å². The number of hydrogen-bond donors (Lipinski definition) is 2. The molecule has 0 spiro atoms. The van der Waals surface area contributed by atoms with E-state index in [1.54, 1.807) is 0 Å². The molecule has 0 unspecified atom stereocenters. The first kappa shape index (κ1) is 13.4. The summed E-state index contributed by atoms with van der Waals surface area (Å²) in [6.45, 7) is 0.704. The number of ether oxygens (including phenoxy) is 1. The molecule has 0 amide bonds. The van der Waals surface area contributed by atoms with Crippen LogP contribution in [-0.4, -0.2) is 24.0 Å². The number of aromatic nitrogens is 1.